The van der Waals surface area contributed by atoms with Gasteiger partial charge in [0.15, 0.2) is 0 Å². The van der Waals surface area contributed by atoms with Crippen LogP contribution in [0, 0.1) is 6.92 Å². The number of furan rings is 1. The number of nitrogens with one attached hydrogen (secondary N) is 1. The Balaban J connectivity index is 1.95. The first kappa shape index (κ1) is 14.2. The normalized spacial score (nSPS) is 11.3. The van der Waals surface area contributed by atoms with E-state index in [9.17, 15) is 0 Å². The lowest BCUT2D eigenvalue weighted by Gasteiger charge is -2.06. The van der Waals surface area contributed by atoms with Gasteiger partial charge < -0.3 is 14.1 Å². The van der Waals surface area contributed by atoms with Gasteiger partial charge in [-0.15, -0.1) is 0 Å². The molecule has 0 radical (unpaired) electrons. The number of pyridine rings is 1. The molecule has 0 aliphatic heterocycles. The summed E-state index contributed by atoms with van der Waals surface area (Å²) in [4.78, 5) is 5.87. The van der Waals surface area contributed by atoms with E-state index in [4.69, 9.17) is 9.40 Å². The zero-order valence-electron chi connectivity index (χ0n) is 12.3. The van der Waals surface area contributed by atoms with Gasteiger partial charge in [0.1, 0.15) is 16.4 Å². The predicted octanol–water partition coefficient (Wildman–Crippen LogP) is 3.89. The van der Waals surface area contributed by atoms with Crippen molar-refractivity contribution < 1.29 is 4.42 Å². The first-order valence-corrected chi connectivity index (χ1v) is 8.00. The van der Waals surface area contributed by atoms with Crippen LogP contribution >= 0.6 is 11.8 Å². The molecular formula is C16H19N3OS. The van der Waals surface area contributed by atoms with E-state index in [0.717, 1.165) is 40.8 Å². The van der Waals surface area contributed by atoms with E-state index in [2.05, 4.69) is 22.8 Å². The first-order valence-electron chi connectivity index (χ1n) is 7.18. The van der Waals surface area contributed by atoms with E-state index in [-0.39, 0.29) is 0 Å². The van der Waals surface area contributed by atoms with Crippen molar-refractivity contribution in [2.24, 2.45) is 0 Å². The standard InChI is InChI=1S/C16H19N3OS/c1-3-8-17-11-13-16(21-14-7-10-20-12(14)2)18-15-6-4-5-9-19(13)15/h4-7,9-10,17H,3,8,11H2,1-2H3. The minimum Gasteiger partial charge on any atom is -0.468 e. The molecule has 110 valence electrons. The van der Waals surface area contributed by atoms with E-state index in [1.807, 2.05) is 31.2 Å². The number of hydrogen-bond donors (Lipinski definition) is 1. The van der Waals surface area contributed by atoms with Crippen LogP contribution in [0.15, 0.2) is 51.1 Å². The average Bonchev–Trinajstić information content (AvgIpc) is 3.04. The molecular weight excluding hydrogens is 282 g/mol. The third kappa shape index (κ3) is 2.99. The topological polar surface area (TPSA) is 42.5 Å². The number of hydrogen-bond acceptors (Lipinski definition) is 4. The van der Waals surface area contributed by atoms with Crippen LogP contribution in [0.2, 0.25) is 0 Å². The fraction of sp³-hybridized carbons (Fsp3) is 0.312. The molecule has 5 heteroatoms. The summed E-state index contributed by atoms with van der Waals surface area (Å²) in [6, 6.07) is 8.08. The Hall–Kier alpha value is -1.72. The molecule has 0 atom stereocenters. The van der Waals surface area contributed by atoms with Crippen LogP contribution in [-0.2, 0) is 6.54 Å². The minimum absolute atomic E-state index is 0.818. The minimum atomic E-state index is 0.818. The van der Waals surface area contributed by atoms with Gasteiger partial charge in [-0.25, -0.2) is 4.98 Å². The lowest BCUT2D eigenvalue weighted by atomic mass is 10.4. The van der Waals surface area contributed by atoms with Gasteiger partial charge in [0, 0.05) is 12.7 Å². The van der Waals surface area contributed by atoms with Crippen LogP contribution in [0.5, 0.6) is 0 Å². The maximum absolute atomic E-state index is 5.38. The second-order valence-electron chi connectivity index (χ2n) is 4.91. The van der Waals surface area contributed by atoms with Crippen molar-refractivity contribution in [2.75, 3.05) is 6.54 Å². The second kappa shape index (κ2) is 6.37. The third-order valence-electron chi connectivity index (χ3n) is 3.33. The third-order valence-corrected chi connectivity index (χ3v) is 4.49. The van der Waals surface area contributed by atoms with Crippen molar-refractivity contribution in [3.8, 4) is 0 Å². The molecule has 0 saturated carbocycles. The highest BCUT2D eigenvalue weighted by molar-refractivity contribution is 7.99. The summed E-state index contributed by atoms with van der Waals surface area (Å²) in [5, 5.41) is 4.50. The maximum Gasteiger partial charge on any atom is 0.138 e. The summed E-state index contributed by atoms with van der Waals surface area (Å²) < 4.78 is 7.53. The van der Waals surface area contributed by atoms with Gasteiger partial charge in [0.05, 0.1) is 16.9 Å². The van der Waals surface area contributed by atoms with Crippen LogP contribution in [0.1, 0.15) is 24.8 Å². The van der Waals surface area contributed by atoms with E-state index < -0.39 is 0 Å². The summed E-state index contributed by atoms with van der Waals surface area (Å²) in [5.41, 5.74) is 2.18. The van der Waals surface area contributed by atoms with Crippen LogP contribution in [0.25, 0.3) is 5.65 Å². The maximum atomic E-state index is 5.38. The van der Waals surface area contributed by atoms with E-state index in [1.54, 1.807) is 18.0 Å². The lowest BCUT2D eigenvalue weighted by Crippen LogP contribution is -2.15. The molecule has 0 aromatic carbocycles. The van der Waals surface area contributed by atoms with Crippen molar-refractivity contribution in [3.63, 3.8) is 0 Å². The summed E-state index contributed by atoms with van der Waals surface area (Å²) >= 11 is 1.67. The zero-order chi connectivity index (χ0) is 14.7. The van der Waals surface area contributed by atoms with Crippen molar-refractivity contribution in [1.82, 2.24) is 14.7 Å². The highest BCUT2D eigenvalue weighted by Gasteiger charge is 2.14. The molecule has 0 spiro atoms. The molecule has 0 bridgehead atoms. The fourth-order valence-electron chi connectivity index (χ4n) is 2.23. The van der Waals surface area contributed by atoms with Gasteiger partial charge in [-0.05, 0) is 38.1 Å². The molecule has 3 rings (SSSR count). The number of nitrogens with zero attached hydrogens (tertiary/aromatic N) is 2. The van der Waals surface area contributed by atoms with Crippen molar-refractivity contribution in [1.29, 1.82) is 0 Å². The molecule has 0 saturated heterocycles. The van der Waals surface area contributed by atoms with Gasteiger partial charge >= 0.3 is 0 Å². The van der Waals surface area contributed by atoms with Gasteiger partial charge in [-0.2, -0.15) is 0 Å². The van der Waals surface area contributed by atoms with Crippen LogP contribution in [0.3, 0.4) is 0 Å². The molecule has 4 nitrogen and oxygen atoms in total. The average molecular weight is 301 g/mol. The quantitative estimate of drug-likeness (QED) is 0.701. The lowest BCUT2D eigenvalue weighted by molar-refractivity contribution is 0.527. The smallest absolute Gasteiger partial charge is 0.138 e. The van der Waals surface area contributed by atoms with Crippen molar-refractivity contribution >= 4 is 17.4 Å². The van der Waals surface area contributed by atoms with Crippen LogP contribution < -0.4 is 5.32 Å². The van der Waals surface area contributed by atoms with Crippen molar-refractivity contribution in [3.05, 3.63) is 48.2 Å². The highest BCUT2D eigenvalue weighted by atomic mass is 32.2. The summed E-state index contributed by atoms with van der Waals surface area (Å²) in [6.07, 6.45) is 4.92. The predicted molar refractivity (Wildman–Crippen MR) is 84.8 cm³/mol. The summed E-state index contributed by atoms with van der Waals surface area (Å²) in [6.45, 7) is 5.98. The van der Waals surface area contributed by atoms with Crippen LogP contribution in [-0.4, -0.2) is 15.9 Å². The number of imidazole rings is 1. The van der Waals surface area contributed by atoms with E-state index >= 15 is 0 Å². The monoisotopic (exact) mass is 301 g/mol. The van der Waals surface area contributed by atoms with Gasteiger partial charge in [0.25, 0.3) is 0 Å². The van der Waals surface area contributed by atoms with E-state index in [0.29, 0.717) is 0 Å². The zero-order valence-corrected chi connectivity index (χ0v) is 13.1. The molecule has 0 amide bonds. The Labute approximate surface area is 128 Å². The molecule has 0 fully saturated rings. The number of rotatable bonds is 6. The molecule has 0 unspecified atom stereocenters. The van der Waals surface area contributed by atoms with Gasteiger partial charge in [-0.1, -0.05) is 24.8 Å². The van der Waals surface area contributed by atoms with Crippen molar-refractivity contribution in [2.45, 2.75) is 36.7 Å². The summed E-state index contributed by atoms with van der Waals surface area (Å²) in [7, 11) is 0. The van der Waals surface area contributed by atoms with Gasteiger partial charge in [-0.3, -0.25) is 0 Å². The Bertz CT molecular complexity index is 732. The van der Waals surface area contributed by atoms with E-state index in [1.165, 1.54) is 5.69 Å². The summed E-state index contributed by atoms with van der Waals surface area (Å²) in [5.74, 6) is 0.935. The largest absolute Gasteiger partial charge is 0.468 e. The highest BCUT2D eigenvalue weighted by Crippen LogP contribution is 2.33. The molecule has 1 N–H and O–H groups in total. The first-order chi connectivity index (χ1) is 10.3. The molecule has 3 aromatic heterocycles. The SMILES string of the molecule is CCCNCc1c(Sc2ccoc2C)nc2ccccn12. The number of aryl methyl sites for hydroxylation is 1. The molecule has 3 aromatic rings. The fourth-order valence-corrected chi connectivity index (χ4v) is 3.19. The Morgan fingerprint density at radius 3 is 3.00 bits per heavy atom. The Kier molecular flexibility index (Phi) is 4.31. The Morgan fingerprint density at radius 1 is 1.33 bits per heavy atom. The molecule has 3 heterocycles. The molecule has 0 aliphatic carbocycles. The second-order valence-corrected chi connectivity index (χ2v) is 5.94. The number of fused-ring (bicyclic) bond motifs is 1. The Morgan fingerprint density at radius 2 is 2.24 bits per heavy atom. The molecule has 0 aliphatic rings. The number of aromatic nitrogens is 2. The molecule has 21 heavy (non-hydrogen) atoms. The van der Waals surface area contributed by atoms with Gasteiger partial charge in [0.2, 0.25) is 0 Å². The van der Waals surface area contributed by atoms with Crippen LogP contribution in [0.4, 0.5) is 0 Å².